The van der Waals surface area contributed by atoms with E-state index in [2.05, 4.69) is 4.90 Å². The number of carboxylic acid groups (broad SMARTS) is 1. The summed E-state index contributed by atoms with van der Waals surface area (Å²) < 4.78 is 26.9. The topological polar surface area (TPSA) is 43.8 Å². The minimum absolute atomic E-state index is 0.0726. The first-order valence-electron chi connectivity index (χ1n) is 7.20. The molecule has 0 spiro atoms. The van der Waals surface area contributed by atoms with Crippen LogP contribution in [-0.2, 0) is 4.79 Å². The molecule has 116 valence electrons. The lowest BCUT2D eigenvalue weighted by atomic mass is 10.2. The van der Waals surface area contributed by atoms with E-state index in [0.717, 1.165) is 25.7 Å². The van der Waals surface area contributed by atoms with E-state index in [1.165, 1.54) is 25.0 Å². The lowest BCUT2D eigenvalue weighted by molar-refractivity contribution is -0.136. The smallest absolute Gasteiger partial charge is 0.305 e. The third-order valence-electron chi connectivity index (χ3n) is 3.73. The fourth-order valence-corrected chi connectivity index (χ4v) is 2.59. The summed E-state index contributed by atoms with van der Waals surface area (Å²) in [6.07, 6.45) is 2.26. The quantitative estimate of drug-likeness (QED) is 0.839. The van der Waals surface area contributed by atoms with Gasteiger partial charge >= 0.3 is 5.97 Å². The Labute approximate surface area is 123 Å². The van der Waals surface area contributed by atoms with Crippen LogP contribution >= 0.6 is 0 Å². The highest BCUT2D eigenvalue weighted by Gasteiger charge is 2.17. The van der Waals surface area contributed by atoms with Gasteiger partial charge in [0.25, 0.3) is 0 Å². The molecule has 1 N–H and O–H groups in total. The molecule has 0 radical (unpaired) electrons. The summed E-state index contributed by atoms with van der Waals surface area (Å²) in [7, 11) is 0. The van der Waals surface area contributed by atoms with Gasteiger partial charge < -0.3 is 14.9 Å². The second kappa shape index (κ2) is 7.36. The molecule has 0 bridgehead atoms. The van der Waals surface area contributed by atoms with Crippen LogP contribution in [0.1, 0.15) is 19.3 Å². The molecule has 0 aliphatic carbocycles. The minimum Gasteiger partial charge on any atom is -0.481 e. The zero-order chi connectivity index (χ0) is 15.2. The molecule has 0 atom stereocenters. The third kappa shape index (κ3) is 4.67. The largest absolute Gasteiger partial charge is 0.481 e. The van der Waals surface area contributed by atoms with Crippen LogP contribution in [0, 0.1) is 11.6 Å². The number of carbonyl (C=O) groups is 1. The van der Waals surface area contributed by atoms with E-state index in [0.29, 0.717) is 6.54 Å². The van der Waals surface area contributed by atoms with Crippen molar-refractivity contribution in [2.45, 2.75) is 19.3 Å². The second-order valence-corrected chi connectivity index (χ2v) is 5.28. The van der Waals surface area contributed by atoms with Crippen LogP contribution < -0.4 is 4.90 Å². The Hall–Kier alpha value is -1.69. The standard InChI is InChI=1S/C15H20F2N2O2/c16-12-3-4-14(13(17)11-12)19(8-5-15(20)21)10-9-18-6-1-2-7-18/h3-4,11H,1-2,5-10H2,(H,20,21). The monoisotopic (exact) mass is 298 g/mol. The van der Waals surface area contributed by atoms with E-state index in [-0.39, 0.29) is 18.7 Å². The Morgan fingerprint density at radius 2 is 1.95 bits per heavy atom. The van der Waals surface area contributed by atoms with Crippen molar-refractivity contribution in [3.8, 4) is 0 Å². The molecule has 6 heteroatoms. The molecule has 1 aliphatic rings. The molecule has 1 aromatic rings. The van der Waals surface area contributed by atoms with E-state index in [1.807, 2.05) is 0 Å². The summed E-state index contributed by atoms with van der Waals surface area (Å²) in [6, 6.07) is 3.40. The molecule has 1 heterocycles. The average molecular weight is 298 g/mol. The van der Waals surface area contributed by atoms with Gasteiger partial charge in [0.1, 0.15) is 11.6 Å². The van der Waals surface area contributed by atoms with Crippen molar-refractivity contribution in [1.29, 1.82) is 0 Å². The molecule has 2 rings (SSSR count). The Bertz CT molecular complexity index is 491. The van der Waals surface area contributed by atoms with Crippen LogP contribution in [-0.4, -0.2) is 48.7 Å². The van der Waals surface area contributed by atoms with Gasteiger partial charge in [-0.1, -0.05) is 0 Å². The average Bonchev–Trinajstić information content (AvgIpc) is 2.93. The van der Waals surface area contributed by atoms with Gasteiger partial charge in [-0.2, -0.15) is 0 Å². The molecule has 1 aliphatic heterocycles. The summed E-state index contributed by atoms with van der Waals surface area (Å²) in [5.74, 6) is -2.21. The SMILES string of the molecule is O=C(O)CCN(CCN1CCCC1)c1ccc(F)cc1F. The van der Waals surface area contributed by atoms with Crippen LogP contribution in [0.15, 0.2) is 18.2 Å². The van der Waals surface area contributed by atoms with Crippen LogP contribution in [0.3, 0.4) is 0 Å². The van der Waals surface area contributed by atoms with Gasteiger partial charge in [0, 0.05) is 25.7 Å². The molecular weight excluding hydrogens is 278 g/mol. The molecule has 0 aromatic heterocycles. The van der Waals surface area contributed by atoms with Crippen LogP contribution in [0.4, 0.5) is 14.5 Å². The molecule has 1 aromatic carbocycles. The molecule has 21 heavy (non-hydrogen) atoms. The summed E-state index contributed by atoms with van der Waals surface area (Å²) in [5.41, 5.74) is 0.261. The molecule has 1 saturated heterocycles. The normalized spacial score (nSPS) is 15.3. The second-order valence-electron chi connectivity index (χ2n) is 5.28. The summed E-state index contributed by atoms with van der Waals surface area (Å²) in [5, 5.41) is 8.81. The van der Waals surface area contributed by atoms with E-state index < -0.39 is 17.6 Å². The van der Waals surface area contributed by atoms with Crippen molar-refractivity contribution in [3.05, 3.63) is 29.8 Å². The van der Waals surface area contributed by atoms with Crippen LogP contribution in [0.25, 0.3) is 0 Å². The zero-order valence-corrected chi connectivity index (χ0v) is 11.9. The lowest BCUT2D eigenvalue weighted by Gasteiger charge is -2.27. The van der Waals surface area contributed by atoms with Crippen LogP contribution in [0.5, 0.6) is 0 Å². The van der Waals surface area contributed by atoms with Crippen LogP contribution in [0.2, 0.25) is 0 Å². The molecular formula is C15H20F2N2O2. The molecule has 1 fully saturated rings. The molecule has 0 unspecified atom stereocenters. The first-order chi connectivity index (χ1) is 10.1. The number of likely N-dealkylation sites (tertiary alicyclic amines) is 1. The number of hydrogen-bond donors (Lipinski definition) is 1. The van der Waals surface area contributed by atoms with E-state index in [1.54, 1.807) is 4.90 Å². The highest BCUT2D eigenvalue weighted by Crippen LogP contribution is 2.21. The number of halogens is 2. The highest BCUT2D eigenvalue weighted by atomic mass is 19.1. The maximum atomic E-state index is 13.9. The Morgan fingerprint density at radius 3 is 2.57 bits per heavy atom. The Kier molecular flexibility index (Phi) is 5.50. The number of anilines is 1. The van der Waals surface area contributed by atoms with Crippen molar-refractivity contribution in [3.63, 3.8) is 0 Å². The lowest BCUT2D eigenvalue weighted by Crippen LogP contribution is -2.35. The predicted octanol–water partition coefficient (Wildman–Crippen LogP) is 2.34. The Morgan fingerprint density at radius 1 is 1.24 bits per heavy atom. The minimum atomic E-state index is -0.927. The van der Waals surface area contributed by atoms with Crippen molar-refractivity contribution in [2.75, 3.05) is 37.6 Å². The summed E-state index contributed by atoms with van der Waals surface area (Å²) >= 11 is 0. The predicted molar refractivity (Wildman–Crippen MR) is 76.5 cm³/mol. The van der Waals surface area contributed by atoms with Crippen molar-refractivity contribution >= 4 is 11.7 Å². The first-order valence-corrected chi connectivity index (χ1v) is 7.20. The molecule has 4 nitrogen and oxygen atoms in total. The fourth-order valence-electron chi connectivity index (χ4n) is 2.59. The van der Waals surface area contributed by atoms with Gasteiger partial charge in [0.15, 0.2) is 0 Å². The summed E-state index contributed by atoms with van der Waals surface area (Å²) in [6.45, 7) is 3.56. The fraction of sp³-hybridized carbons (Fsp3) is 0.533. The number of hydrogen-bond acceptors (Lipinski definition) is 3. The van der Waals surface area contributed by atoms with E-state index in [9.17, 15) is 13.6 Å². The summed E-state index contributed by atoms with van der Waals surface area (Å²) in [4.78, 5) is 14.7. The van der Waals surface area contributed by atoms with Gasteiger partial charge in [0.2, 0.25) is 0 Å². The van der Waals surface area contributed by atoms with Crippen molar-refractivity contribution in [2.24, 2.45) is 0 Å². The van der Waals surface area contributed by atoms with Gasteiger partial charge in [-0.3, -0.25) is 4.79 Å². The zero-order valence-electron chi connectivity index (χ0n) is 11.9. The maximum Gasteiger partial charge on any atom is 0.305 e. The van der Waals surface area contributed by atoms with E-state index >= 15 is 0 Å². The van der Waals surface area contributed by atoms with Crippen molar-refractivity contribution in [1.82, 2.24) is 4.90 Å². The number of rotatable bonds is 7. The number of aliphatic carboxylic acids is 1. The Balaban J connectivity index is 2.04. The number of carboxylic acids is 1. The van der Waals surface area contributed by atoms with E-state index in [4.69, 9.17) is 5.11 Å². The van der Waals surface area contributed by atoms with Crippen molar-refractivity contribution < 1.29 is 18.7 Å². The molecule has 0 amide bonds. The van der Waals surface area contributed by atoms with Gasteiger partial charge in [-0.25, -0.2) is 8.78 Å². The van der Waals surface area contributed by atoms with Gasteiger partial charge in [0.05, 0.1) is 12.1 Å². The van der Waals surface area contributed by atoms with Gasteiger partial charge in [-0.15, -0.1) is 0 Å². The number of nitrogens with zero attached hydrogens (tertiary/aromatic N) is 2. The third-order valence-corrected chi connectivity index (χ3v) is 3.73. The maximum absolute atomic E-state index is 13.9. The first kappa shape index (κ1) is 15.7. The highest BCUT2D eigenvalue weighted by molar-refractivity contribution is 5.67. The van der Waals surface area contributed by atoms with Gasteiger partial charge in [-0.05, 0) is 38.1 Å². The molecule has 0 saturated carbocycles. The number of benzene rings is 1.